The van der Waals surface area contributed by atoms with Crippen LogP contribution >= 0.6 is 15.9 Å². The lowest BCUT2D eigenvalue weighted by molar-refractivity contribution is 0.0972. The van der Waals surface area contributed by atoms with E-state index in [9.17, 15) is 9.18 Å². The number of rotatable bonds is 1. The first-order valence-corrected chi connectivity index (χ1v) is 6.95. The highest BCUT2D eigenvalue weighted by atomic mass is 79.9. The topological polar surface area (TPSA) is 29.5 Å². The number of hydrogen-bond donors (Lipinski definition) is 0. The molecule has 3 nitrogen and oxygen atoms in total. The van der Waals surface area contributed by atoms with E-state index < -0.39 is 5.82 Å². The van der Waals surface area contributed by atoms with E-state index in [1.54, 1.807) is 23.1 Å². The first-order chi connectivity index (χ1) is 9.66. The van der Waals surface area contributed by atoms with Crippen LogP contribution < -0.4 is 9.64 Å². The molecule has 0 atom stereocenters. The van der Waals surface area contributed by atoms with Crippen LogP contribution in [0.5, 0.6) is 5.75 Å². The number of ether oxygens (including phenoxy) is 1. The number of carbonyl (C=O) groups is 1. The minimum absolute atomic E-state index is 0.0519. The molecule has 20 heavy (non-hydrogen) atoms. The SMILES string of the molecule is O=C(c1cc(Br)ccc1F)N1CCOc2ccccc21. The molecular weight excluding hydrogens is 325 g/mol. The van der Waals surface area contributed by atoms with Crippen molar-refractivity contribution in [2.24, 2.45) is 0 Å². The van der Waals surface area contributed by atoms with Crippen molar-refractivity contribution in [1.29, 1.82) is 0 Å². The molecule has 1 heterocycles. The largest absolute Gasteiger partial charge is 0.490 e. The number of para-hydroxylation sites is 2. The molecule has 1 aliphatic heterocycles. The first-order valence-electron chi connectivity index (χ1n) is 6.15. The van der Waals surface area contributed by atoms with Crippen molar-refractivity contribution in [3.63, 3.8) is 0 Å². The van der Waals surface area contributed by atoms with Crippen LogP contribution in [0.25, 0.3) is 0 Å². The lowest BCUT2D eigenvalue weighted by Crippen LogP contribution is -2.38. The Bertz CT molecular complexity index is 675. The van der Waals surface area contributed by atoms with Crippen LogP contribution in [-0.4, -0.2) is 19.1 Å². The molecule has 0 saturated heterocycles. The van der Waals surface area contributed by atoms with Crippen molar-refractivity contribution in [2.75, 3.05) is 18.1 Å². The second-order valence-corrected chi connectivity index (χ2v) is 5.31. The van der Waals surface area contributed by atoms with Crippen molar-refractivity contribution in [2.45, 2.75) is 0 Å². The minimum Gasteiger partial charge on any atom is -0.490 e. The van der Waals surface area contributed by atoms with Crippen LogP contribution in [-0.2, 0) is 0 Å². The lowest BCUT2D eigenvalue weighted by Gasteiger charge is -2.29. The number of amides is 1. The number of anilines is 1. The summed E-state index contributed by atoms with van der Waals surface area (Å²) >= 11 is 3.26. The fourth-order valence-electron chi connectivity index (χ4n) is 2.19. The molecule has 0 bridgehead atoms. The van der Waals surface area contributed by atoms with Crippen molar-refractivity contribution < 1.29 is 13.9 Å². The van der Waals surface area contributed by atoms with E-state index in [2.05, 4.69) is 15.9 Å². The Labute approximate surface area is 124 Å². The van der Waals surface area contributed by atoms with Crippen LogP contribution in [0.2, 0.25) is 0 Å². The van der Waals surface area contributed by atoms with E-state index >= 15 is 0 Å². The minimum atomic E-state index is -0.526. The van der Waals surface area contributed by atoms with E-state index in [0.29, 0.717) is 29.1 Å². The summed E-state index contributed by atoms with van der Waals surface area (Å²) in [6, 6.07) is 11.6. The van der Waals surface area contributed by atoms with Crippen LogP contribution in [0.1, 0.15) is 10.4 Å². The van der Waals surface area contributed by atoms with E-state index in [1.165, 1.54) is 12.1 Å². The predicted octanol–water partition coefficient (Wildman–Crippen LogP) is 3.63. The zero-order valence-electron chi connectivity index (χ0n) is 10.5. The van der Waals surface area contributed by atoms with Gasteiger partial charge < -0.3 is 9.64 Å². The van der Waals surface area contributed by atoms with Crippen molar-refractivity contribution in [3.05, 3.63) is 58.3 Å². The van der Waals surface area contributed by atoms with Crippen molar-refractivity contribution >= 4 is 27.5 Å². The third-order valence-corrected chi connectivity index (χ3v) is 3.63. The van der Waals surface area contributed by atoms with Crippen LogP contribution in [0.3, 0.4) is 0 Å². The molecule has 2 aromatic rings. The molecule has 1 aliphatic rings. The molecule has 0 fully saturated rings. The fraction of sp³-hybridized carbons (Fsp3) is 0.133. The van der Waals surface area contributed by atoms with Gasteiger partial charge in [0.15, 0.2) is 0 Å². The highest BCUT2D eigenvalue weighted by molar-refractivity contribution is 9.10. The van der Waals surface area contributed by atoms with E-state index in [1.807, 2.05) is 12.1 Å². The van der Waals surface area contributed by atoms with Gasteiger partial charge in [0, 0.05) is 4.47 Å². The third kappa shape index (κ3) is 2.29. The van der Waals surface area contributed by atoms with Gasteiger partial charge in [-0.15, -0.1) is 0 Å². The molecule has 102 valence electrons. The number of carbonyl (C=O) groups excluding carboxylic acids is 1. The quantitative estimate of drug-likeness (QED) is 0.796. The summed E-state index contributed by atoms with van der Waals surface area (Å²) in [6.45, 7) is 0.806. The Morgan fingerprint density at radius 3 is 2.90 bits per heavy atom. The van der Waals surface area contributed by atoms with Crippen molar-refractivity contribution in [3.8, 4) is 5.75 Å². The maximum atomic E-state index is 13.9. The molecule has 1 amide bonds. The summed E-state index contributed by atoms with van der Waals surface area (Å²) in [5, 5.41) is 0. The fourth-order valence-corrected chi connectivity index (χ4v) is 2.55. The molecule has 0 spiro atoms. The standard InChI is InChI=1S/C15H11BrFNO2/c16-10-5-6-12(17)11(9-10)15(19)18-7-8-20-14-4-2-1-3-13(14)18/h1-6,9H,7-8H2. The zero-order chi connectivity index (χ0) is 14.1. The Morgan fingerprint density at radius 2 is 2.05 bits per heavy atom. The molecule has 0 aliphatic carbocycles. The van der Waals surface area contributed by atoms with Crippen LogP contribution in [0, 0.1) is 5.82 Å². The lowest BCUT2D eigenvalue weighted by atomic mass is 10.1. The average molecular weight is 336 g/mol. The predicted molar refractivity (Wildman–Crippen MR) is 77.7 cm³/mol. The zero-order valence-corrected chi connectivity index (χ0v) is 12.1. The summed E-state index contributed by atoms with van der Waals surface area (Å²) in [5.74, 6) is -0.246. The number of halogens is 2. The molecule has 5 heteroatoms. The van der Waals surface area contributed by atoms with Gasteiger partial charge in [0.05, 0.1) is 17.8 Å². The van der Waals surface area contributed by atoms with Crippen molar-refractivity contribution in [1.82, 2.24) is 0 Å². The number of benzene rings is 2. The number of hydrogen-bond acceptors (Lipinski definition) is 2. The molecule has 2 aromatic carbocycles. The monoisotopic (exact) mass is 335 g/mol. The highest BCUT2D eigenvalue weighted by Gasteiger charge is 2.26. The van der Waals surface area contributed by atoms with E-state index in [4.69, 9.17) is 4.74 Å². The normalized spacial score (nSPS) is 13.6. The molecular formula is C15H11BrFNO2. The molecule has 0 radical (unpaired) electrons. The van der Waals surface area contributed by atoms with Gasteiger partial charge in [-0.1, -0.05) is 28.1 Å². The average Bonchev–Trinajstić information content (AvgIpc) is 2.48. The number of fused-ring (bicyclic) bond motifs is 1. The molecule has 0 N–H and O–H groups in total. The van der Waals surface area contributed by atoms with Gasteiger partial charge in [0.1, 0.15) is 18.2 Å². The Balaban J connectivity index is 2.02. The summed E-state index contributed by atoms with van der Waals surface area (Å²) in [4.78, 5) is 14.1. The molecule has 0 aromatic heterocycles. The van der Waals surface area contributed by atoms with Crippen LogP contribution in [0.15, 0.2) is 46.9 Å². The van der Waals surface area contributed by atoms with Gasteiger partial charge in [-0.05, 0) is 30.3 Å². The smallest absolute Gasteiger partial charge is 0.261 e. The van der Waals surface area contributed by atoms with Gasteiger partial charge in [0.25, 0.3) is 5.91 Å². The van der Waals surface area contributed by atoms with Gasteiger partial charge >= 0.3 is 0 Å². The van der Waals surface area contributed by atoms with Gasteiger partial charge in [0.2, 0.25) is 0 Å². The van der Waals surface area contributed by atoms with Crippen LogP contribution in [0.4, 0.5) is 10.1 Å². The van der Waals surface area contributed by atoms with Gasteiger partial charge in [-0.3, -0.25) is 4.79 Å². The summed E-state index contributed by atoms with van der Waals surface area (Å²) < 4.78 is 20.0. The summed E-state index contributed by atoms with van der Waals surface area (Å²) in [7, 11) is 0. The van der Waals surface area contributed by atoms with Gasteiger partial charge in [-0.2, -0.15) is 0 Å². The maximum absolute atomic E-state index is 13.9. The Morgan fingerprint density at radius 1 is 1.25 bits per heavy atom. The second kappa shape index (κ2) is 5.25. The van der Waals surface area contributed by atoms with Gasteiger partial charge in [-0.25, -0.2) is 4.39 Å². The molecule has 0 unspecified atom stereocenters. The van der Waals surface area contributed by atoms with E-state index in [0.717, 1.165) is 0 Å². The highest BCUT2D eigenvalue weighted by Crippen LogP contribution is 2.32. The molecule has 3 rings (SSSR count). The first kappa shape index (κ1) is 13.1. The number of nitrogens with zero attached hydrogens (tertiary/aromatic N) is 1. The summed E-state index contributed by atoms with van der Waals surface area (Å²) in [6.07, 6.45) is 0. The third-order valence-electron chi connectivity index (χ3n) is 3.13. The maximum Gasteiger partial charge on any atom is 0.261 e. The second-order valence-electron chi connectivity index (χ2n) is 4.40. The Kier molecular flexibility index (Phi) is 3.44. The molecule has 0 saturated carbocycles. The van der Waals surface area contributed by atoms with E-state index in [-0.39, 0.29) is 11.5 Å². The summed E-state index contributed by atoms with van der Waals surface area (Å²) in [5.41, 5.74) is 0.721. The Hall–Kier alpha value is -1.88.